The van der Waals surface area contributed by atoms with E-state index in [-0.39, 0.29) is 5.82 Å². The third-order valence-electron chi connectivity index (χ3n) is 2.68. The van der Waals surface area contributed by atoms with Crippen LogP contribution in [-0.4, -0.2) is 11.9 Å². The highest BCUT2D eigenvalue weighted by Crippen LogP contribution is 2.17. The summed E-state index contributed by atoms with van der Waals surface area (Å²) in [5.74, 6) is 1.60. The Labute approximate surface area is 115 Å². The molecule has 96 valence electrons. The van der Waals surface area contributed by atoms with Crippen LogP contribution in [0.1, 0.15) is 17.1 Å². The van der Waals surface area contributed by atoms with E-state index in [9.17, 15) is 4.39 Å². The van der Waals surface area contributed by atoms with Crippen LogP contribution in [-0.2, 0) is 13.1 Å². The summed E-state index contributed by atoms with van der Waals surface area (Å²) in [5, 5.41) is 0. The number of benzene rings is 1. The lowest BCUT2D eigenvalue weighted by atomic mass is 10.2. The minimum absolute atomic E-state index is 0.188. The van der Waals surface area contributed by atoms with E-state index in [0.29, 0.717) is 18.7 Å². The average Bonchev–Trinajstić information content (AvgIpc) is 2.68. The Morgan fingerprint density at radius 1 is 1.22 bits per heavy atom. The van der Waals surface area contributed by atoms with Crippen LogP contribution in [0.25, 0.3) is 0 Å². The minimum atomic E-state index is -0.188. The Bertz CT molecular complexity index is 538. The first-order valence-corrected chi connectivity index (χ1v) is 6.51. The van der Waals surface area contributed by atoms with Gasteiger partial charge in [0.2, 0.25) is 0 Å². The average molecular weight is 312 g/mol. The summed E-state index contributed by atoms with van der Waals surface area (Å²) in [6.07, 6.45) is 0. The second-order valence-corrected chi connectivity index (χ2v) is 5.34. The molecule has 0 radical (unpaired) electrons. The van der Waals surface area contributed by atoms with Crippen LogP contribution < -0.4 is 0 Å². The fraction of sp³-hybridized carbons (Fsp3) is 0.286. The van der Waals surface area contributed by atoms with Gasteiger partial charge in [0.15, 0.2) is 0 Å². The molecule has 4 heteroatoms. The number of hydrogen-bond acceptors (Lipinski definition) is 2. The SMILES string of the molecule is Cc1ccc(CN(C)Cc2ccc(Br)cc2F)o1. The van der Waals surface area contributed by atoms with Crippen LogP contribution in [0, 0.1) is 12.7 Å². The number of hydrogen-bond donors (Lipinski definition) is 0. The molecule has 0 spiro atoms. The quantitative estimate of drug-likeness (QED) is 0.844. The molecule has 0 saturated heterocycles. The molecule has 0 aliphatic carbocycles. The van der Waals surface area contributed by atoms with E-state index in [4.69, 9.17) is 4.42 Å². The van der Waals surface area contributed by atoms with Gasteiger partial charge in [-0.05, 0) is 38.2 Å². The van der Waals surface area contributed by atoms with Crippen LogP contribution in [0.2, 0.25) is 0 Å². The monoisotopic (exact) mass is 311 g/mol. The summed E-state index contributed by atoms with van der Waals surface area (Å²) < 4.78 is 19.9. The lowest BCUT2D eigenvalue weighted by Gasteiger charge is -2.15. The van der Waals surface area contributed by atoms with E-state index in [1.807, 2.05) is 37.1 Å². The first kappa shape index (κ1) is 13.3. The van der Waals surface area contributed by atoms with Crippen molar-refractivity contribution >= 4 is 15.9 Å². The first-order valence-electron chi connectivity index (χ1n) is 5.72. The number of rotatable bonds is 4. The van der Waals surface area contributed by atoms with Gasteiger partial charge in [-0.15, -0.1) is 0 Å². The fourth-order valence-electron chi connectivity index (χ4n) is 1.83. The van der Waals surface area contributed by atoms with Gasteiger partial charge in [0, 0.05) is 16.6 Å². The van der Waals surface area contributed by atoms with E-state index in [1.165, 1.54) is 6.07 Å². The summed E-state index contributed by atoms with van der Waals surface area (Å²) in [7, 11) is 1.94. The summed E-state index contributed by atoms with van der Waals surface area (Å²) in [4.78, 5) is 2.02. The van der Waals surface area contributed by atoms with Crippen molar-refractivity contribution in [3.8, 4) is 0 Å². The van der Waals surface area contributed by atoms with Crippen LogP contribution >= 0.6 is 15.9 Å². The summed E-state index contributed by atoms with van der Waals surface area (Å²) in [6.45, 7) is 3.14. The van der Waals surface area contributed by atoms with Crippen molar-refractivity contribution in [2.24, 2.45) is 0 Å². The van der Waals surface area contributed by atoms with Gasteiger partial charge >= 0.3 is 0 Å². The van der Waals surface area contributed by atoms with Crippen LogP contribution in [0.5, 0.6) is 0 Å². The smallest absolute Gasteiger partial charge is 0.128 e. The third kappa shape index (κ3) is 3.43. The Morgan fingerprint density at radius 2 is 2.00 bits per heavy atom. The zero-order chi connectivity index (χ0) is 13.1. The molecule has 0 aliphatic rings. The highest BCUT2D eigenvalue weighted by molar-refractivity contribution is 9.10. The van der Waals surface area contributed by atoms with Gasteiger partial charge < -0.3 is 4.42 Å². The maximum absolute atomic E-state index is 13.7. The molecule has 1 aromatic heterocycles. The van der Waals surface area contributed by atoms with Crippen molar-refractivity contribution in [2.45, 2.75) is 20.0 Å². The normalized spacial score (nSPS) is 11.2. The highest BCUT2D eigenvalue weighted by Gasteiger charge is 2.08. The molecule has 0 fully saturated rings. The minimum Gasteiger partial charge on any atom is -0.465 e. The van der Waals surface area contributed by atoms with Crippen molar-refractivity contribution in [3.05, 3.63) is 57.7 Å². The van der Waals surface area contributed by atoms with Crippen molar-refractivity contribution in [1.82, 2.24) is 4.90 Å². The zero-order valence-corrected chi connectivity index (χ0v) is 12.0. The van der Waals surface area contributed by atoms with Gasteiger partial charge in [0.05, 0.1) is 6.54 Å². The van der Waals surface area contributed by atoms with Crippen molar-refractivity contribution in [1.29, 1.82) is 0 Å². The number of halogens is 2. The van der Waals surface area contributed by atoms with Crippen molar-refractivity contribution in [2.75, 3.05) is 7.05 Å². The Balaban J connectivity index is 2.00. The van der Waals surface area contributed by atoms with Crippen LogP contribution in [0.15, 0.2) is 39.2 Å². The van der Waals surface area contributed by atoms with E-state index in [0.717, 1.165) is 16.0 Å². The molecule has 0 N–H and O–H groups in total. The molecule has 2 aromatic rings. The van der Waals surface area contributed by atoms with E-state index in [1.54, 1.807) is 6.07 Å². The van der Waals surface area contributed by atoms with Gasteiger partial charge in [-0.1, -0.05) is 22.0 Å². The maximum Gasteiger partial charge on any atom is 0.128 e. The predicted molar refractivity (Wildman–Crippen MR) is 72.7 cm³/mol. The first-order chi connectivity index (χ1) is 8.54. The third-order valence-corrected chi connectivity index (χ3v) is 3.17. The van der Waals surface area contributed by atoms with Gasteiger partial charge in [-0.2, -0.15) is 0 Å². The molecule has 1 heterocycles. The lowest BCUT2D eigenvalue weighted by molar-refractivity contribution is 0.281. The molecule has 1 aromatic carbocycles. The second-order valence-electron chi connectivity index (χ2n) is 4.42. The number of furan rings is 1. The molecule has 0 saturated carbocycles. The molecule has 0 unspecified atom stereocenters. The molecular weight excluding hydrogens is 297 g/mol. The van der Waals surface area contributed by atoms with Crippen molar-refractivity contribution < 1.29 is 8.81 Å². The van der Waals surface area contributed by atoms with E-state index >= 15 is 0 Å². The van der Waals surface area contributed by atoms with Crippen molar-refractivity contribution in [3.63, 3.8) is 0 Å². The summed E-state index contributed by atoms with van der Waals surface area (Å²) >= 11 is 3.25. The highest BCUT2D eigenvalue weighted by atomic mass is 79.9. The van der Waals surface area contributed by atoms with E-state index in [2.05, 4.69) is 15.9 Å². The molecular formula is C14H15BrFNO. The Kier molecular flexibility index (Phi) is 4.19. The van der Waals surface area contributed by atoms with Crippen LogP contribution in [0.3, 0.4) is 0 Å². The fourth-order valence-corrected chi connectivity index (χ4v) is 2.17. The molecule has 18 heavy (non-hydrogen) atoms. The van der Waals surface area contributed by atoms with Gasteiger partial charge in [0.1, 0.15) is 17.3 Å². The number of aryl methyl sites for hydroxylation is 1. The summed E-state index contributed by atoms with van der Waals surface area (Å²) in [6, 6.07) is 9.01. The molecule has 0 aliphatic heterocycles. The Morgan fingerprint density at radius 3 is 2.61 bits per heavy atom. The summed E-state index contributed by atoms with van der Waals surface area (Å²) in [5.41, 5.74) is 0.684. The van der Waals surface area contributed by atoms with Gasteiger partial charge in [-0.3, -0.25) is 4.90 Å². The zero-order valence-electron chi connectivity index (χ0n) is 10.4. The largest absolute Gasteiger partial charge is 0.465 e. The second kappa shape index (κ2) is 5.67. The van der Waals surface area contributed by atoms with Gasteiger partial charge in [0.25, 0.3) is 0 Å². The molecule has 0 amide bonds. The van der Waals surface area contributed by atoms with Gasteiger partial charge in [-0.25, -0.2) is 4.39 Å². The van der Waals surface area contributed by atoms with Crippen LogP contribution in [0.4, 0.5) is 4.39 Å². The number of nitrogens with zero attached hydrogens (tertiary/aromatic N) is 1. The molecule has 0 atom stereocenters. The molecule has 2 nitrogen and oxygen atoms in total. The predicted octanol–water partition coefficient (Wildman–Crippen LogP) is 4.12. The van der Waals surface area contributed by atoms with E-state index < -0.39 is 0 Å². The Hall–Kier alpha value is -1.13. The molecule has 0 bridgehead atoms. The maximum atomic E-state index is 13.7. The standard InChI is InChI=1S/C14H15BrFNO/c1-10-3-6-13(18-10)9-17(2)8-11-4-5-12(15)7-14(11)16/h3-7H,8-9H2,1-2H3. The lowest BCUT2D eigenvalue weighted by Crippen LogP contribution is -2.17. The topological polar surface area (TPSA) is 16.4 Å². The molecule has 2 rings (SSSR count).